The zero-order chi connectivity index (χ0) is 15.0. The summed E-state index contributed by atoms with van der Waals surface area (Å²) in [6.07, 6.45) is 2.90. The molecule has 2 aromatic rings. The van der Waals surface area contributed by atoms with Gasteiger partial charge in [-0.15, -0.1) is 0 Å². The number of morpholine rings is 1. The van der Waals surface area contributed by atoms with Gasteiger partial charge in [-0.1, -0.05) is 23.7 Å². The van der Waals surface area contributed by atoms with Gasteiger partial charge in [-0.2, -0.15) is 4.98 Å². The Kier molecular flexibility index (Phi) is 3.43. The van der Waals surface area contributed by atoms with Crippen molar-refractivity contribution in [1.29, 1.82) is 0 Å². The second-order valence-electron chi connectivity index (χ2n) is 5.99. The monoisotopic (exact) mass is 303 g/mol. The quantitative estimate of drug-likeness (QED) is 0.943. The molecule has 2 aliphatic rings. The van der Waals surface area contributed by atoms with Crippen molar-refractivity contribution in [2.75, 3.05) is 19.8 Å². The molecular weight excluding hydrogens is 285 g/mol. The van der Waals surface area contributed by atoms with Gasteiger partial charge in [-0.25, -0.2) is 4.39 Å². The Morgan fingerprint density at radius 3 is 2.91 bits per heavy atom. The third-order valence-corrected chi connectivity index (χ3v) is 4.67. The van der Waals surface area contributed by atoms with E-state index in [0.717, 1.165) is 31.4 Å². The summed E-state index contributed by atoms with van der Waals surface area (Å²) in [4.78, 5) is 4.59. The lowest BCUT2D eigenvalue weighted by Gasteiger charge is -2.38. The van der Waals surface area contributed by atoms with Gasteiger partial charge >= 0.3 is 0 Å². The second kappa shape index (κ2) is 5.44. The summed E-state index contributed by atoms with van der Waals surface area (Å²) in [7, 11) is 0. The van der Waals surface area contributed by atoms with E-state index < -0.39 is 0 Å². The van der Waals surface area contributed by atoms with Gasteiger partial charge in [0, 0.05) is 6.54 Å². The first-order valence-electron chi connectivity index (χ1n) is 7.69. The summed E-state index contributed by atoms with van der Waals surface area (Å²) in [5, 5.41) is 7.43. The Morgan fingerprint density at radius 2 is 2.23 bits per heavy atom. The zero-order valence-corrected chi connectivity index (χ0v) is 12.2. The molecule has 0 radical (unpaired) electrons. The summed E-state index contributed by atoms with van der Waals surface area (Å²) >= 11 is 0. The average molecular weight is 303 g/mol. The first-order valence-corrected chi connectivity index (χ1v) is 7.69. The molecule has 2 fully saturated rings. The van der Waals surface area contributed by atoms with Crippen LogP contribution >= 0.6 is 0 Å². The van der Waals surface area contributed by atoms with Gasteiger partial charge in [0.1, 0.15) is 5.82 Å². The summed E-state index contributed by atoms with van der Waals surface area (Å²) < 4.78 is 24.6. The Bertz CT molecular complexity index is 663. The van der Waals surface area contributed by atoms with Crippen LogP contribution in [0.3, 0.4) is 0 Å². The molecule has 2 heterocycles. The van der Waals surface area contributed by atoms with E-state index in [4.69, 9.17) is 9.26 Å². The number of hydrogen-bond donors (Lipinski definition) is 1. The Labute approximate surface area is 127 Å². The molecule has 0 unspecified atom stereocenters. The topological polar surface area (TPSA) is 60.2 Å². The molecule has 0 bridgehead atoms. The number of ether oxygens (including phenoxy) is 1. The lowest BCUT2D eigenvalue weighted by molar-refractivity contribution is 0.0734. The first kappa shape index (κ1) is 13.8. The number of nitrogens with one attached hydrogen (secondary N) is 1. The molecule has 1 N–H and O–H groups in total. The third-order valence-electron chi connectivity index (χ3n) is 4.67. The van der Waals surface area contributed by atoms with Crippen molar-refractivity contribution in [3.8, 4) is 0 Å². The molecule has 0 amide bonds. The normalized spacial score (nSPS) is 24.0. The minimum absolute atomic E-state index is 0.0316. The molecular formula is C16H18FN3O2. The van der Waals surface area contributed by atoms with Crippen LogP contribution in [0.5, 0.6) is 0 Å². The van der Waals surface area contributed by atoms with E-state index in [2.05, 4.69) is 15.5 Å². The molecule has 116 valence electrons. The maximum Gasteiger partial charge on any atom is 0.237 e. The van der Waals surface area contributed by atoms with Gasteiger partial charge in [0.25, 0.3) is 0 Å². The SMILES string of the molecule is Fc1cccc(C2(c3nc([C@H]4COCCN4)no3)CCC2)c1. The number of hydrogen-bond acceptors (Lipinski definition) is 5. The van der Waals surface area contributed by atoms with Gasteiger partial charge in [0.2, 0.25) is 5.89 Å². The minimum Gasteiger partial charge on any atom is -0.378 e. The summed E-state index contributed by atoms with van der Waals surface area (Å²) in [5.74, 6) is 0.981. The minimum atomic E-state index is -0.330. The predicted octanol–water partition coefficient (Wildman–Crippen LogP) is 2.34. The molecule has 1 saturated carbocycles. The van der Waals surface area contributed by atoms with Crippen LogP contribution in [0.1, 0.15) is 42.6 Å². The molecule has 6 heteroatoms. The van der Waals surface area contributed by atoms with Crippen molar-refractivity contribution in [2.24, 2.45) is 0 Å². The van der Waals surface area contributed by atoms with Crippen molar-refractivity contribution < 1.29 is 13.7 Å². The Morgan fingerprint density at radius 1 is 1.32 bits per heavy atom. The molecule has 1 aliphatic carbocycles. The average Bonchev–Trinajstić information content (AvgIpc) is 2.97. The lowest BCUT2D eigenvalue weighted by Crippen LogP contribution is -2.37. The van der Waals surface area contributed by atoms with E-state index in [1.165, 1.54) is 6.07 Å². The van der Waals surface area contributed by atoms with E-state index in [1.807, 2.05) is 6.07 Å². The van der Waals surface area contributed by atoms with Gasteiger partial charge in [0.05, 0.1) is 24.7 Å². The number of nitrogens with zero attached hydrogens (tertiary/aromatic N) is 2. The highest BCUT2D eigenvalue weighted by Gasteiger charge is 2.45. The molecule has 5 nitrogen and oxygen atoms in total. The first-order chi connectivity index (χ1) is 10.8. The van der Waals surface area contributed by atoms with Crippen molar-refractivity contribution in [2.45, 2.75) is 30.7 Å². The summed E-state index contributed by atoms with van der Waals surface area (Å²) in [6.45, 7) is 2.03. The molecule has 4 rings (SSSR count). The molecule has 1 aromatic carbocycles. The largest absolute Gasteiger partial charge is 0.378 e. The molecule has 1 atom stereocenters. The number of halogens is 1. The van der Waals surface area contributed by atoms with E-state index in [9.17, 15) is 4.39 Å². The number of rotatable bonds is 3. The van der Waals surface area contributed by atoms with Gasteiger partial charge in [-0.05, 0) is 30.5 Å². The molecule has 1 aromatic heterocycles. The lowest BCUT2D eigenvalue weighted by atomic mass is 9.64. The molecule has 1 saturated heterocycles. The maximum atomic E-state index is 13.6. The van der Waals surface area contributed by atoms with Crippen molar-refractivity contribution in [1.82, 2.24) is 15.5 Å². The number of aromatic nitrogens is 2. The van der Waals surface area contributed by atoms with Gasteiger partial charge < -0.3 is 14.6 Å². The standard InChI is InChI=1S/C16H18FN3O2/c17-12-4-1-3-11(9-12)16(5-2-6-16)15-19-14(20-22-15)13-10-21-8-7-18-13/h1,3-4,9,13,18H,2,5-8,10H2/t13-/m1/s1. The molecule has 1 aliphatic heterocycles. The smallest absolute Gasteiger partial charge is 0.237 e. The maximum absolute atomic E-state index is 13.6. The fourth-order valence-corrected chi connectivity index (χ4v) is 3.24. The van der Waals surface area contributed by atoms with E-state index in [0.29, 0.717) is 24.9 Å². The molecule has 0 spiro atoms. The summed E-state index contributed by atoms with van der Waals surface area (Å²) in [5.41, 5.74) is 0.588. The van der Waals surface area contributed by atoms with Crippen LogP contribution in [0.25, 0.3) is 0 Å². The highest BCUT2D eigenvalue weighted by molar-refractivity contribution is 5.35. The Balaban J connectivity index is 1.66. The fraction of sp³-hybridized carbons (Fsp3) is 0.500. The van der Waals surface area contributed by atoms with Crippen LogP contribution in [0.15, 0.2) is 28.8 Å². The summed E-state index contributed by atoms with van der Waals surface area (Å²) in [6, 6.07) is 6.67. The van der Waals surface area contributed by atoms with E-state index >= 15 is 0 Å². The fourth-order valence-electron chi connectivity index (χ4n) is 3.24. The highest BCUT2D eigenvalue weighted by Crippen LogP contribution is 2.48. The van der Waals surface area contributed by atoms with E-state index in [1.54, 1.807) is 12.1 Å². The van der Waals surface area contributed by atoms with Crippen molar-refractivity contribution in [3.05, 3.63) is 47.4 Å². The zero-order valence-electron chi connectivity index (χ0n) is 12.2. The number of benzene rings is 1. The highest BCUT2D eigenvalue weighted by atomic mass is 19.1. The Hall–Kier alpha value is -1.79. The van der Waals surface area contributed by atoms with Crippen molar-refractivity contribution in [3.63, 3.8) is 0 Å². The van der Waals surface area contributed by atoms with Crippen LogP contribution < -0.4 is 5.32 Å². The van der Waals surface area contributed by atoms with Crippen LogP contribution in [0.2, 0.25) is 0 Å². The third kappa shape index (κ3) is 2.23. The van der Waals surface area contributed by atoms with Crippen LogP contribution in [0, 0.1) is 5.82 Å². The van der Waals surface area contributed by atoms with Crippen molar-refractivity contribution >= 4 is 0 Å². The predicted molar refractivity (Wildman–Crippen MR) is 76.9 cm³/mol. The van der Waals surface area contributed by atoms with Crippen LogP contribution in [-0.4, -0.2) is 29.9 Å². The second-order valence-corrected chi connectivity index (χ2v) is 5.99. The van der Waals surface area contributed by atoms with Gasteiger partial charge in [-0.3, -0.25) is 0 Å². The molecule has 22 heavy (non-hydrogen) atoms. The van der Waals surface area contributed by atoms with E-state index in [-0.39, 0.29) is 17.3 Å². The van der Waals surface area contributed by atoms with Crippen LogP contribution in [0.4, 0.5) is 4.39 Å². The van der Waals surface area contributed by atoms with Gasteiger partial charge in [0.15, 0.2) is 5.82 Å². The van der Waals surface area contributed by atoms with Crippen LogP contribution in [-0.2, 0) is 10.2 Å².